The first kappa shape index (κ1) is 13.6. The van der Waals surface area contributed by atoms with Crippen LogP contribution in [0.2, 0.25) is 0 Å². The number of ether oxygens (including phenoxy) is 1. The summed E-state index contributed by atoms with van der Waals surface area (Å²) in [6.07, 6.45) is 0.275. The lowest BCUT2D eigenvalue weighted by Gasteiger charge is -1.99. The standard InChI is InChI=1S/C13H11F2NO2S/c1-7-12(13(17)18-2)19-11(16-7)5-8-3-9(14)6-10(15)4-8/h3-4,6H,5H2,1-2H3. The average Bonchev–Trinajstić information content (AvgIpc) is 2.68. The number of carbonyl (C=O) groups is 1. The van der Waals surface area contributed by atoms with Crippen molar-refractivity contribution in [3.05, 3.63) is 51.0 Å². The van der Waals surface area contributed by atoms with E-state index in [1.54, 1.807) is 6.92 Å². The summed E-state index contributed by atoms with van der Waals surface area (Å²) in [7, 11) is 1.29. The van der Waals surface area contributed by atoms with Gasteiger partial charge in [-0.3, -0.25) is 0 Å². The molecule has 0 unspecified atom stereocenters. The molecule has 0 aliphatic rings. The maximum absolute atomic E-state index is 13.1. The number of benzene rings is 1. The Morgan fingerprint density at radius 3 is 2.53 bits per heavy atom. The Kier molecular flexibility index (Phi) is 3.90. The van der Waals surface area contributed by atoms with Crippen LogP contribution in [0.15, 0.2) is 18.2 Å². The van der Waals surface area contributed by atoms with Gasteiger partial charge in [-0.05, 0) is 24.6 Å². The largest absolute Gasteiger partial charge is 0.465 e. The second kappa shape index (κ2) is 5.44. The summed E-state index contributed by atoms with van der Waals surface area (Å²) in [5.74, 6) is -1.71. The van der Waals surface area contributed by atoms with E-state index in [1.165, 1.54) is 30.6 Å². The topological polar surface area (TPSA) is 39.2 Å². The van der Waals surface area contributed by atoms with Crippen LogP contribution in [-0.4, -0.2) is 18.1 Å². The quantitative estimate of drug-likeness (QED) is 0.812. The molecule has 6 heteroatoms. The van der Waals surface area contributed by atoms with Gasteiger partial charge in [0.25, 0.3) is 0 Å². The maximum Gasteiger partial charge on any atom is 0.349 e. The Morgan fingerprint density at radius 1 is 1.32 bits per heavy atom. The van der Waals surface area contributed by atoms with E-state index in [1.807, 2.05) is 0 Å². The van der Waals surface area contributed by atoms with E-state index >= 15 is 0 Å². The van der Waals surface area contributed by atoms with Crippen molar-refractivity contribution in [1.82, 2.24) is 4.98 Å². The number of thiazole rings is 1. The zero-order chi connectivity index (χ0) is 14.0. The van der Waals surface area contributed by atoms with E-state index in [-0.39, 0.29) is 6.42 Å². The van der Waals surface area contributed by atoms with Gasteiger partial charge >= 0.3 is 5.97 Å². The number of methoxy groups -OCH3 is 1. The second-order valence-electron chi connectivity index (χ2n) is 3.97. The Morgan fingerprint density at radius 2 is 1.95 bits per heavy atom. The molecule has 1 aromatic heterocycles. The molecular formula is C13H11F2NO2S. The van der Waals surface area contributed by atoms with Crippen LogP contribution in [0.5, 0.6) is 0 Å². The lowest BCUT2D eigenvalue weighted by atomic mass is 10.1. The van der Waals surface area contributed by atoms with Crippen LogP contribution in [0.3, 0.4) is 0 Å². The molecule has 1 heterocycles. The van der Waals surface area contributed by atoms with E-state index in [4.69, 9.17) is 0 Å². The Bertz CT molecular complexity index is 605. The first-order chi connectivity index (χ1) is 8.99. The van der Waals surface area contributed by atoms with Crippen LogP contribution < -0.4 is 0 Å². The second-order valence-corrected chi connectivity index (χ2v) is 5.05. The van der Waals surface area contributed by atoms with Crippen molar-refractivity contribution in [3.63, 3.8) is 0 Å². The molecule has 0 atom stereocenters. The number of aryl methyl sites for hydroxylation is 1. The molecule has 0 amide bonds. The molecule has 0 radical (unpaired) electrons. The molecule has 3 nitrogen and oxygen atoms in total. The SMILES string of the molecule is COC(=O)c1sc(Cc2cc(F)cc(F)c2)nc1C. The third-order valence-corrected chi connectivity index (χ3v) is 3.63. The predicted molar refractivity (Wildman–Crippen MR) is 67.4 cm³/mol. The number of esters is 1. The fourth-order valence-electron chi connectivity index (χ4n) is 1.70. The zero-order valence-corrected chi connectivity index (χ0v) is 11.2. The minimum Gasteiger partial charge on any atom is -0.465 e. The lowest BCUT2D eigenvalue weighted by molar-refractivity contribution is 0.0605. The van der Waals surface area contributed by atoms with Gasteiger partial charge < -0.3 is 4.74 Å². The monoisotopic (exact) mass is 283 g/mol. The summed E-state index contributed by atoms with van der Waals surface area (Å²) in [5.41, 5.74) is 1.03. The van der Waals surface area contributed by atoms with Gasteiger partial charge in [-0.1, -0.05) is 0 Å². The van der Waals surface area contributed by atoms with Gasteiger partial charge in [0.1, 0.15) is 16.5 Å². The molecule has 1 aromatic carbocycles. The van der Waals surface area contributed by atoms with E-state index in [0.717, 1.165) is 6.07 Å². The molecule has 0 saturated heterocycles. The minimum absolute atomic E-state index is 0.275. The van der Waals surface area contributed by atoms with Gasteiger partial charge in [0.15, 0.2) is 0 Å². The van der Waals surface area contributed by atoms with Crippen molar-refractivity contribution >= 4 is 17.3 Å². The molecule has 0 N–H and O–H groups in total. The first-order valence-corrected chi connectivity index (χ1v) is 6.31. The average molecular weight is 283 g/mol. The summed E-state index contributed by atoms with van der Waals surface area (Å²) in [6.45, 7) is 1.69. The Hall–Kier alpha value is -1.82. The van der Waals surface area contributed by atoms with Crippen LogP contribution >= 0.6 is 11.3 Å². The number of halogens is 2. The molecule has 0 bridgehead atoms. The summed E-state index contributed by atoms with van der Waals surface area (Å²) in [4.78, 5) is 16.1. The Labute approximate surface area is 112 Å². The van der Waals surface area contributed by atoms with Gasteiger partial charge in [0.2, 0.25) is 0 Å². The molecule has 2 rings (SSSR count). The molecular weight excluding hydrogens is 272 g/mol. The third kappa shape index (κ3) is 3.14. The highest BCUT2D eigenvalue weighted by atomic mass is 32.1. The van der Waals surface area contributed by atoms with E-state index in [0.29, 0.717) is 21.1 Å². The fourth-order valence-corrected chi connectivity index (χ4v) is 2.71. The van der Waals surface area contributed by atoms with Crippen LogP contribution in [-0.2, 0) is 11.2 Å². The van der Waals surface area contributed by atoms with Crippen LogP contribution in [0.25, 0.3) is 0 Å². The number of hydrogen-bond donors (Lipinski definition) is 0. The molecule has 19 heavy (non-hydrogen) atoms. The molecule has 0 aliphatic carbocycles. The number of carbonyl (C=O) groups excluding carboxylic acids is 1. The normalized spacial score (nSPS) is 10.5. The molecule has 100 valence electrons. The van der Waals surface area contributed by atoms with Crippen LogP contribution in [0, 0.1) is 18.6 Å². The molecule has 0 fully saturated rings. The van der Waals surface area contributed by atoms with E-state index in [9.17, 15) is 13.6 Å². The zero-order valence-electron chi connectivity index (χ0n) is 10.4. The van der Waals surface area contributed by atoms with Gasteiger partial charge in [0.05, 0.1) is 17.8 Å². The maximum atomic E-state index is 13.1. The number of rotatable bonds is 3. The Balaban J connectivity index is 2.26. The summed E-state index contributed by atoms with van der Waals surface area (Å²) in [6, 6.07) is 3.31. The van der Waals surface area contributed by atoms with Gasteiger partial charge in [-0.15, -0.1) is 11.3 Å². The molecule has 2 aromatic rings. The van der Waals surface area contributed by atoms with Gasteiger partial charge in [-0.2, -0.15) is 0 Å². The highest BCUT2D eigenvalue weighted by molar-refractivity contribution is 7.13. The van der Waals surface area contributed by atoms with Crippen molar-refractivity contribution in [2.24, 2.45) is 0 Å². The van der Waals surface area contributed by atoms with E-state index in [2.05, 4.69) is 9.72 Å². The number of aromatic nitrogens is 1. The molecule has 0 spiro atoms. The summed E-state index contributed by atoms with van der Waals surface area (Å²) < 4.78 is 30.8. The van der Waals surface area contributed by atoms with Crippen molar-refractivity contribution in [3.8, 4) is 0 Å². The van der Waals surface area contributed by atoms with Crippen molar-refractivity contribution in [2.45, 2.75) is 13.3 Å². The highest BCUT2D eigenvalue weighted by Gasteiger charge is 2.16. The van der Waals surface area contributed by atoms with Crippen molar-refractivity contribution < 1.29 is 18.3 Å². The predicted octanol–water partition coefficient (Wildman–Crippen LogP) is 3.11. The minimum atomic E-state index is -0.628. The third-order valence-electron chi connectivity index (χ3n) is 2.49. The highest BCUT2D eigenvalue weighted by Crippen LogP contribution is 2.22. The van der Waals surface area contributed by atoms with E-state index < -0.39 is 17.6 Å². The number of hydrogen-bond acceptors (Lipinski definition) is 4. The van der Waals surface area contributed by atoms with Crippen molar-refractivity contribution in [2.75, 3.05) is 7.11 Å². The summed E-state index contributed by atoms with van der Waals surface area (Å²) >= 11 is 1.17. The smallest absolute Gasteiger partial charge is 0.349 e. The van der Waals surface area contributed by atoms with Crippen LogP contribution in [0.4, 0.5) is 8.78 Å². The molecule has 0 saturated carbocycles. The van der Waals surface area contributed by atoms with Gasteiger partial charge in [0, 0.05) is 12.5 Å². The lowest BCUT2D eigenvalue weighted by Crippen LogP contribution is -1.99. The fraction of sp³-hybridized carbons (Fsp3) is 0.231. The van der Waals surface area contributed by atoms with Crippen LogP contribution in [0.1, 0.15) is 25.9 Å². The molecule has 0 aliphatic heterocycles. The van der Waals surface area contributed by atoms with Gasteiger partial charge in [-0.25, -0.2) is 18.6 Å². The number of nitrogens with zero attached hydrogens (tertiary/aromatic N) is 1. The van der Waals surface area contributed by atoms with Crippen molar-refractivity contribution in [1.29, 1.82) is 0 Å². The summed E-state index contributed by atoms with van der Waals surface area (Å²) in [5, 5.41) is 0.614. The first-order valence-electron chi connectivity index (χ1n) is 5.49.